The summed E-state index contributed by atoms with van der Waals surface area (Å²) in [7, 11) is 1.68. The van der Waals surface area contributed by atoms with Crippen LogP contribution in [-0.4, -0.2) is 101 Å². The van der Waals surface area contributed by atoms with Crippen LogP contribution in [-0.2, 0) is 14.3 Å². The Bertz CT molecular complexity index is 1370. The molecule has 3 atom stereocenters. The number of esters is 1. The van der Waals surface area contributed by atoms with Crippen molar-refractivity contribution in [2.45, 2.75) is 25.0 Å². The summed E-state index contributed by atoms with van der Waals surface area (Å²) in [6.07, 6.45) is 1.60. The fourth-order valence-corrected chi connectivity index (χ4v) is 5.96. The number of carboxylic acids is 1. The number of thiazole rings is 1. The highest BCUT2D eigenvalue weighted by molar-refractivity contribution is 7.11. The molecule has 0 bridgehead atoms. The Morgan fingerprint density at radius 1 is 1.31 bits per heavy atom. The van der Waals surface area contributed by atoms with Crippen LogP contribution >= 0.6 is 22.9 Å². The first-order valence-electron chi connectivity index (χ1n) is 12.3. The maximum Gasteiger partial charge on any atom is 0.338 e. The Morgan fingerprint density at radius 2 is 2.10 bits per heavy atom. The van der Waals surface area contributed by atoms with Gasteiger partial charge in [0.15, 0.2) is 10.8 Å². The number of halogens is 2. The molecule has 5 rings (SSSR count). The van der Waals surface area contributed by atoms with Crippen molar-refractivity contribution in [1.82, 2.24) is 25.0 Å². The quantitative estimate of drug-likeness (QED) is 0.481. The standard InChI is InChI=1S/C25H26ClFN6O5S/c1-3-38-24(36)18-16(11-32-10-13-9-31(2)25(37)33(13)12-17(32)23(34)35)29-21(22-28-7-8-39-22)30-20(18)14-5-4-6-15(27)19(14)26/h4-8,13,17,20H,3,9-12H2,1-2H3,(H,29,30)(H,34,35)/t13-,17-,20+/m1/s1. The molecule has 0 unspecified atom stereocenters. The van der Waals surface area contributed by atoms with E-state index in [1.54, 1.807) is 46.3 Å². The van der Waals surface area contributed by atoms with Gasteiger partial charge in [-0.15, -0.1) is 11.3 Å². The summed E-state index contributed by atoms with van der Waals surface area (Å²) in [6.45, 7) is 2.46. The van der Waals surface area contributed by atoms with Gasteiger partial charge in [0.2, 0.25) is 0 Å². The SMILES string of the molecule is CCOC(=O)C1=C(CN2C[C@H]3CN(C)C(=O)N3C[C@@H]2C(=O)O)NC(c2nccs2)=N[C@H]1c1cccc(F)c1Cl. The molecule has 3 aliphatic heterocycles. The Morgan fingerprint density at radius 3 is 2.79 bits per heavy atom. The van der Waals surface area contributed by atoms with Gasteiger partial charge in [0.05, 0.1) is 23.2 Å². The summed E-state index contributed by atoms with van der Waals surface area (Å²) in [4.78, 5) is 52.1. The summed E-state index contributed by atoms with van der Waals surface area (Å²) in [5, 5.41) is 15.3. The van der Waals surface area contributed by atoms with Crippen molar-refractivity contribution in [3.05, 3.63) is 62.5 Å². The van der Waals surface area contributed by atoms with Gasteiger partial charge in [-0.05, 0) is 13.0 Å². The Labute approximate surface area is 232 Å². The molecule has 2 N–H and O–H groups in total. The summed E-state index contributed by atoms with van der Waals surface area (Å²) < 4.78 is 19.9. The van der Waals surface area contributed by atoms with E-state index in [1.807, 2.05) is 0 Å². The van der Waals surface area contributed by atoms with E-state index in [4.69, 9.17) is 21.3 Å². The number of nitrogens with zero attached hydrogens (tertiary/aromatic N) is 5. The van der Waals surface area contributed by atoms with Crippen molar-refractivity contribution in [2.24, 2.45) is 4.99 Å². The molecule has 1 aromatic heterocycles. The molecule has 0 radical (unpaired) electrons. The molecule has 2 amide bonds. The summed E-state index contributed by atoms with van der Waals surface area (Å²) in [6, 6.07) is 1.79. The van der Waals surface area contributed by atoms with Gasteiger partial charge in [-0.1, -0.05) is 23.7 Å². The Hall–Kier alpha value is -3.55. The number of aliphatic carboxylic acids is 1. The van der Waals surface area contributed by atoms with E-state index in [0.29, 0.717) is 23.1 Å². The van der Waals surface area contributed by atoms with Crippen LogP contribution in [0.25, 0.3) is 0 Å². The number of carbonyl (C=O) groups is 3. The third kappa shape index (κ3) is 5.09. The van der Waals surface area contributed by atoms with Gasteiger partial charge in [0.25, 0.3) is 0 Å². The minimum Gasteiger partial charge on any atom is -0.480 e. The van der Waals surface area contributed by atoms with Crippen molar-refractivity contribution in [3.8, 4) is 0 Å². The molecule has 39 heavy (non-hydrogen) atoms. The number of carboxylic acid groups (broad SMARTS) is 1. The molecule has 0 spiro atoms. The lowest BCUT2D eigenvalue weighted by Crippen LogP contribution is -2.61. The molecular weight excluding hydrogens is 551 g/mol. The van der Waals surface area contributed by atoms with Gasteiger partial charge < -0.3 is 25.0 Å². The number of piperazine rings is 1. The maximum absolute atomic E-state index is 14.5. The topological polar surface area (TPSA) is 128 Å². The Kier molecular flexibility index (Phi) is 7.56. The molecule has 4 heterocycles. The average Bonchev–Trinajstić information content (AvgIpc) is 3.53. The number of amidine groups is 1. The number of benzene rings is 1. The zero-order chi connectivity index (χ0) is 27.8. The molecule has 2 fully saturated rings. The first-order valence-corrected chi connectivity index (χ1v) is 13.5. The van der Waals surface area contributed by atoms with E-state index in [-0.39, 0.29) is 54.5 Å². The number of aromatic nitrogens is 1. The number of carbonyl (C=O) groups excluding carboxylic acids is 2. The molecule has 2 aromatic rings. The van der Waals surface area contributed by atoms with Gasteiger partial charge >= 0.3 is 18.0 Å². The predicted molar refractivity (Wildman–Crippen MR) is 141 cm³/mol. The van der Waals surface area contributed by atoms with E-state index in [2.05, 4.69) is 10.3 Å². The van der Waals surface area contributed by atoms with Crippen LogP contribution in [0.3, 0.4) is 0 Å². The summed E-state index contributed by atoms with van der Waals surface area (Å²) in [5.41, 5.74) is 0.697. The number of hydrogen-bond acceptors (Lipinski definition) is 9. The van der Waals surface area contributed by atoms with Gasteiger partial charge in [-0.25, -0.2) is 19.0 Å². The van der Waals surface area contributed by atoms with Gasteiger partial charge in [0.1, 0.15) is 17.9 Å². The van der Waals surface area contributed by atoms with Crippen LogP contribution in [0.5, 0.6) is 0 Å². The molecular formula is C25H26ClFN6O5S. The average molecular weight is 577 g/mol. The van der Waals surface area contributed by atoms with Crippen LogP contribution in [0, 0.1) is 5.82 Å². The molecule has 1 aromatic carbocycles. The first-order chi connectivity index (χ1) is 18.7. The third-order valence-corrected chi connectivity index (χ3v) is 8.11. The predicted octanol–water partition coefficient (Wildman–Crippen LogP) is 2.35. The van der Waals surface area contributed by atoms with Gasteiger partial charge in [-0.2, -0.15) is 0 Å². The molecule has 14 heteroatoms. The van der Waals surface area contributed by atoms with Crippen LogP contribution < -0.4 is 5.32 Å². The number of ether oxygens (including phenoxy) is 1. The number of nitrogens with one attached hydrogen (secondary N) is 1. The van der Waals surface area contributed by atoms with E-state index in [9.17, 15) is 23.9 Å². The monoisotopic (exact) mass is 576 g/mol. The number of amides is 2. The lowest BCUT2D eigenvalue weighted by molar-refractivity contribution is -0.145. The second kappa shape index (κ2) is 10.9. The summed E-state index contributed by atoms with van der Waals surface area (Å²) in [5.74, 6) is -2.11. The highest BCUT2D eigenvalue weighted by Gasteiger charge is 2.46. The van der Waals surface area contributed by atoms with Gasteiger partial charge in [0, 0.05) is 56.1 Å². The van der Waals surface area contributed by atoms with E-state index < -0.39 is 29.8 Å². The third-order valence-electron chi connectivity index (χ3n) is 6.93. The number of rotatable bonds is 7. The fraction of sp³-hybridized carbons (Fsp3) is 0.400. The minimum atomic E-state index is -1.09. The van der Waals surface area contributed by atoms with Crippen LogP contribution in [0.1, 0.15) is 23.5 Å². The molecule has 11 nitrogen and oxygen atoms in total. The zero-order valence-corrected chi connectivity index (χ0v) is 22.7. The van der Waals surface area contributed by atoms with Crippen LogP contribution in [0.15, 0.2) is 46.0 Å². The number of hydrogen-bond donors (Lipinski definition) is 2. The normalized spacial score (nSPS) is 23.4. The smallest absolute Gasteiger partial charge is 0.338 e. The van der Waals surface area contributed by atoms with Crippen molar-refractivity contribution in [3.63, 3.8) is 0 Å². The molecule has 3 aliphatic rings. The lowest BCUT2D eigenvalue weighted by atomic mass is 9.94. The molecule has 0 saturated carbocycles. The fourth-order valence-electron chi connectivity index (χ4n) is 5.14. The van der Waals surface area contributed by atoms with Crippen molar-refractivity contribution in [2.75, 3.05) is 39.8 Å². The second-order valence-corrected chi connectivity index (χ2v) is 10.6. The molecule has 0 aliphatic carbocycles. The van der Waals surface area contributed by atoms with Crippen molar-refractivity contribution < 1.29 is 28.6 Å². The molecule has 2 saturated heterocycles. The van der Waals surface area contributed by atoms with Crippen LogP contribution in [0.2, 0.25) is 5.02 Å². The van der Waals surface area contributed by atoms with Crippen molar-refractivity contribution >= 4 is 46.7 Å². The Balaban J connectivity index is 1.60. The highest BCUT2D eigenvalue weighted by Crippen LogP contribution is 2.38. The maximum atomic E-state index is 14.5. The minimum absolute atomic E-state index is 0.00118. The number of aliphatic imine (C=N–C) groups is 1. The summed E-state index contributed by atoms with van der Waals surface area (Å²) >= 11 is 7.67. The zero-order valence-electron chi connectivity index (χ0n) is 21.1. The number of likely N-dealkylation sites (N-methyl/N-ethyl adjacent to an activating group) is 1. The van der Waals surface area contributed by atoms with Crippen LogP contribution in [0.4, 0.5) is 9.18 Å². The van der Waals surface area contributed by atoms with Gasteiger partial charge in [-0.3, -0.25) is 14.7 Å². The largest absolute Gasteiger partial charge is 0.480 e. The second-order valence-electron chi connectivity index (χ2n) is 9.35. The first kappa shape index (κ1) is 27.0. The van der Waals surface area contributed by atoms with Crippen molar-refractivity contribution in [1.29, 1.82) is 0 Å². The number of fused-ring (bicyclic) bond motifs is 1. The lowest BCUT2D eigenvalue weighted by Gasteiger charge is -2.41. The van der Waals surface area contributed by atoms with E-state index in [1.165, 1.54) is 23.5 Å². The van der Waals surface area contributed by atoms with E-state index in [0.717, 1.165) is 0 Å². The van der Waals surface area contributed by atoms with E-state index >= 15 is 0 Å². The highest BCUT2D eigenvalue weighted by atomic mass is 35.5. The molecule has 206 valence electrons. The number of urea groups is 1.